The van der Waals surface area contributed by atoms with Crippen LogP contribution in [0.25, 0.3) is 28.2 Å². The summed E-state index contributed by atoms with van der Waals surface area (Å²) in [5.74, 6) is -4.22. The molecule has 6 nitrogen and oxygen atoms in total. The Morgan fingerprint density at radius 1 is 1.08 bits per heavy atom. The van der Waals surface area contributed by atoms with Crippen LogP contribution < -0.4 is 4.52 Å². The average molecular weight is 527 g/mol. The first-order valence-corrected chi connectivity index (χ1v) is 12.6. The molecule has 1 aliphatic rings. The predicted octanol–water partition coefficient (Wildman–Crippen LogP) is 6.57. The van der Waals surface area contributed by atoms with E-state index in [-0.39, 0.29) is 28.5 Å². The van der Waals surface area contributed by atoms with Crippen LogP contribution in [0.4, 0.5) is 26.3 Å². The number of fused-ring (bicyclic) bond motifs is 1. The second kappa shape index (κ2) is 8.35. The topological polar surface area (TPSA) is 76.7 Å². The molecule has 1 fully saturated rings. The van der Waals surface area contributed by atoms with Crippen molar-refractivity contribution >= 4 is 13.2 Å². The van der Waals surface area contributed by atoms with Crippen LogP contribution in [0.1, 0.15) is 30.0 Å². The molecule has 0 radical (unpaired) electrons. The van der Waals surface area contributed by atoms with Gasteiger partial charge in [-0.2, -0.15) is 13.2 Å². The fourth-order valence-electron chi connectivity index (χ4n) is 3.94. The zero-order chi connectivity index (χ0) is 26.0. The van der Waals surface area contributed by atoms with Crippen molar-refractivity contribution in [2.45, 2.75) is 24.9 Å². The number of benzene rings is 2. The van der Waals surface area contributed by atoms with Gasteiger partial charge >= 0.3 is 13.8 Å². The maximum atomic E-state index is 15.2. The average Bonchev–Trinajstić information content (AvgIpc) is 3.53. The van der Waals surface area contributed by atoms with Gasteiger partial charge in [-0.1, -0.05) is 0 Å². The summed E-state index contributed by atoms with van der Waals surface area (Å²) in [6, 6.07) is 3.91. The smallest absolute Gasteiger partial charge is 0.419 e. The van der Waals surface area contributed by atoms with Gasteiger partial charge in [0.15, 0.2) is 5.65 Å². The molecule has 1 saturated carbocycles. The summed E-state index contributed by atoms with van der Waals surface area (Å²) < 4.78 is 101. The Morgan fingerprint density at radius 2 is 1.75 bits per heavy atom. The molecule has 188 valence electrons. The molecule has 0 aliphatic heterocycles. The molecule has 0 saturated heterocycles. The van der Waals surface area contributed by atoms with Gasteiger partial charge in [-0.3, -0.25) is 9.38 Å². The van der Waals surface area contributed by atoms with E-state index in [9.17, 15) is 27.0 Å². The summed E-state index contributed by atoms with van der Waals surface area (Å²) in [5, 5.41) is 0. The highest BCUT2D eigenvalue weighted by atomic mass is 31.2. The van der Waals surface area contributed by atoms with Crippen LogP contribution >= 0.6 is 7.60 Å². The van der Waals surface area contributed by atoms with Gasteiger partial charge in [0, 0.05) is 36.5 Å². The van der Waals surface area contributed by atoms with Crippen LogP contribution in [-0.2, 0) is 10.7 Å². The Kier molecular flexibility index (Phi) is 5.64. The Balaban J connectivity index is 1.70. The standard InChI is InChI=1S/C23H16F6N3O3P/c1-36(33,34)35-13-7-16(25)20(17(26)8-13)22-21(11-2-3-11)31-19-9-30-18(10-32(19)22)12-4-5-15(24)14(6-12)23(27,28)29/h4-11H,2-3H2,1H3,(H,33,34). The van der Waals surface area contributed by atoms with Crippen molar-refractivity contribution in [3.8, 4) is 28.3 Å². The lowest BCUT2D eigenvalue weighted by Gasteiger charge is -2.13. The first-order valence-electron chi connectivity index (χ1n) is 10.6. The third-order valence-electron chi connectivity index (χ3n) is 5.59. The summed E-state index contributed by atoms with van der Waals surface area (Å²) >= 11 is 0. The molecular formula is C23H16F6N3O3P. The van der Waals surface area contributed by atoms with Crippen molar-refractivity contribution in [1.82, 2.24) is 14.4 Å². The third kappa shape index (κ3) is 4.58. The Bertz CT molecular complexity index is 1540. The minimum Gasteiger partial charge on any atom is -0.424 e. The van der Waals surface area contributed by atoms with Crippen molar-refractivity contribution in [1.29, 1.82) is 0 Å². The van der Waals surface area contributed by atoms with Gasteiger partial charge in [0.05, 0.1) is 34.4 Å². The zero-order valence-electron chi connectivity index (χ0n) is 18.4. The molecule has 1 unspecified atom stereocenters. The Hall–Kier alpha value is -3.37. The van der Waals surface area contributed by atoms with Gasteiger partial charge in [0.1, 0.15) is 23.2 Å². The highest BCUT2D eigenvalue weighted by Crippen LogP contribution is 2.46. The highest BCUT2D eigenvalue weighted by molar-refractivity contribution is 7.52. The van der Waals surface area contributed by atoms with Crippen molar-refractivity contribution in [2.75, 3.05) is 6.66 Å². The summed E-state index contributed by atoms with van der Waals surface area (Å²) in [6.07, 6.45) is -0.978. The van der Waals surface area contributed by atoms with E-state index < -0.39 is 48.1 Å². The summed E-state index contributed by atoms with van der Waals surface area (Å²) in [6.45, 7) is 0.862. The second-order valence-corrected chi connectivity index (χ2v) is 10.3. The Morgan fingerprint density at radius 3 is 2.33 bits per heavy atom. The van der Waals surface area contributed by atoms with E-state index in [1.807, 2.05) is 0 Å². The molecule has 1 atom stereocenters. The number of aromatic nitrogens is 3. The van der Waals surface area contributed by atoms with E-state index in [1.54, 1.807) is 0 Å². The largest absolute Gasteiger partial charge is 0.424 e. The minimum atomic E-state index is -4.93. The number of hydrogen-bond donors (Lipinski definition) is 1. The number of imidazole rings is 1. The van der Waals surface area contributed by atoms with Crippen LogP contribution in [0.2, 0.25) is 0 Å². The van der Waals surface area contributed by atoms with Crippen molar-refractivity contribution in [2.24, 2.45) is 0 Å². The second-order valence-electron chi connectivity index (χ2n) is 8.47. The molecule has 1 aliphatic carbocycles. The quantitative estimate of drug-likeness (QED) is 0.235. The van der Waals surface area contributed by atoms with Crippen molar-refractivity contribution in [3.05, 3.63) is 71.4 Å². The minimum absolute atomic E-state index is 0.0121. The molecule has 5 rings (SSSR count). The van der Waals surface area contributed by atoms with Crippen molar-refractivity contribution in [3.63, 3.8) is 0 Å². The van der Waals surface area contributed by atoms with Gasteiger partial charge in [-0.25, -0.2) is 22.7 Å². The molecule has 13 heteroatoms. The summed E-state index contributed by atoms with van der Waals surface area (Å²) in [4.78, 5) is 17.9. The molecule has 4 aromatic rings. The first kappa shape index (κ1) is 24.3. The highest BCUT2D eigenvalue weighted by Gasteiger charge is 2.35. The number of halogens is 6. The maximum Gasteiger partial charge on any atom is 0.419 e. The predicted molar refractivity (Wildman–Crippen MR) is 117 cm³/mol. The molecule has 1 N–H and O–H groups in total. The maximum absolute atomic E-state index is 15.2. The molecule has 0 amide bonds. The lowest BCUT2D eigenvalue weighted by Crippen LogP contribution is -2.08. The lowest BCUT2D eigenvalue weighted by molar-refractivity contribution is -0.139. The fourth-order valence-corrected chi connectivity index (χ4v) is 4.43. The summed E-state index contributed by atoms with van der Waals surface area (Å²) in [5.41, 5.74) is -1.45. The van der Waals surface area contributed by atoms with Gasteiger partial charge in [0.2, 0.25) is 0 Å². The number of hydrogen-bond acceptors (Lipinski definition) is 4. The van der Waals surface area contributed by atoms with E-state index in [2.05, 4.69) is 9.97 Å². The fraction of sp³-hybridized carbons (Fsp3) is 0.217. The molecular weight excluding hydrogens is 511 g/mol. The number of nitrogens with zero attached hydrogens (tertiary/aromatic N) is 3. The summed E-state index contributed by atoms with van der Waals surface area (Å²) in [7, 11) is -4.08. The SMILES string of the molecule is CP(=O)(O)Oc1cc(F)c(-c2c(C3CC3)nc3cnc(-c4ccc(F)c(C(F)(F)F)c4)cn23)c(F)c1. The van der Waals surface area contributed by atoms with Crippen LogP contribution in [0.5, 0.6) is 5.75 Å². The van der Waals surface area contributed by atoms with Gasteiger partial charge < -0.3 is 9.42 Å². The number of alkyl halides is 3. The van der Waals surface area contributed by atoms with Gasteiger partial charge in [-0.05, 0) is 31.0 Å². The molecule has 2 aromatic carbocycles. The van der Waals surface area contributed by atoms with E-state index in [1.165, 1.54) is 16.8 Å². The molecule has 0 bridgehead atoms. The van der Waals surface area contributed by atoms with Crippen LogP contribution in [0.3, 0.4) is 0 Å². The lowest BCUT2D eigenvalue weighted by atomic mass is 10.1. The van der Waals surface area contributed by atoms with Crippen molar-refractivity contribution < 1.29 is 40.3 Å². The van der Waals surface area contributed by atoms with Crippen LogP contribution in [0, 0.1) is 17.5 Å². The third-order valence-corrected chi connectivity index (χ3v) is 6.14. The van der Waals surface area contributed by atoms with Crippen LogP contribution in [0.15, 0.2) is 42.7 Å². The molecule has 36 heavy (non-hydrogen) atoms. The van der Waals surface area contributed by atoms with Gasteiger partial charge in [-0.15, -0.1) is 0 Å². The molecule has 0 spiro atoms. The van der Waals surface area contributed by atoms with Crippen LogP contribution in [-0.4, -0.2) is 25.9 Å². The normalized spacial score (nSPS) is 15.8. The zero-order valence-corrected chi connectivity index (χ0v) is 19.2. The molecule has 2 heterocycles. The van der Waals surface area contributed by atoms with E-state index >= 15 is 8.78 Å². The molecule has 2 aromatic heterocycles. The monoisotopic (exact) mass is 527 g/mol. The number of rotatable bonds is 5. The van der Waals surface area contributed by atoms with Gasteiger partial charge in [0.25, 0.3) is 0 Å². The van der Waals surface area contributed by atoms with E-state index in [0.717, 1.165) is 37.7 Å². The first-order chi connectivity index (χ1) is 16.8. The van der Waals surface area contributed by atoms with E-state index in [0.29, 0.717) is 17.8 Å². The Labute approximate surface area is 199 Å². The van der Waals surface area contributed by atoms with E-state index in [4.69, 9.17) is 4.52 Å².